The lowest BCUT2D eigenvalue weighted by molar-refractivity contribution is 0.119. The molecule has 0 spiro atoms. The van der Waals surface area contributed by atoms with Crippen LogP contribution in [0.1, 0.15) is 35.6 Å². The van der Waals surface area contributed by atoms with Crippen molar-refractivity contribution in [2.24, 2.45) is 5.92 Å². The van der Waals surface area contributed by atoms with Gasteiger partial charge in [0.25, 0.3) is 5.56 Å². The molecule has 1 saturated heterocycles. The second kappa shape index (κ2) is 8.53. The number of aromatic nitrogens is 1. The monoisotopic (exact) mass is 409 g/mol. The molecule has 2 aromatic carbocycles. The molecule has 1 aromatic heterocycles. The number of hydrogen-bond acceptors (Lipinski definition) is 3. The molecule has 31 heavy (non-hydrogen) atoms. The maximum atomic E-state index is 13.3. The normalized spacial score (nSPS) is 20.1. The van der Waals surface area contributed by atoms with Crippen LogP contribution in [-0.4, -0.2) is 29.1 Å². The van der Waals surface area contributed by atoms with Gasteiger partial charge in [-0.15, -0.1) is 0 Å². The van der Waals surface area contributed by atoms with Gasteiger partial charge in [-0.3, -0.25) is 4.79 Å². The van der Waals surface area contributed by atoms with Crippen LogP contribution in [0.5, 0.6) is 0 Å². The fraction of sp³-hybridized carbons (Fsp3) is 0.333. The number of fused-ring (bicyclic) bond motifs is 4. The molecule has 0 radical (unpaired) electrons. The van der Waals surface area contributed by atoms with Crippen molar-refractivity contribution >= 4 is 0 Å². The summed E-state index contributed by atoms with van der Waals surface area (Å²) in [6, 6.07) is 24.3. The zero-order valence-electron chi connectivity index (χ0n) is 17.7. The Balaban J connectivity index is 1.32. The van der Waals surface area contributed by atoms with E-state index < -0.39 is 0 Å². The number of piperidine rings is 1. The number of aryl methyl sites for hydroxylation is 1. The standard InChI is InChI=1S/C27H27N3O/c28-16-21-8-4-10-23(14-21)25-11-12-26-24-15-22(18-30(26)27(25)31)17-29(19-24)13-5-9-20-6-2-1-3-7-20/h1-4,6-8,10-12,14,22,24H,5,9,13,15,17-19H2. The Labute approximate surface area is 183 Å². The Hall–Kier alpha value is -3.16. The van der Waals surface area contributed by atoms with Crippen molar-refractivity contribution in [3.05, 3.63) is 93.9 Å². The van der Waals surface area contributed by atoms with Gasteiger partial charge in [-0.1, -0.05) is 42.5 Å². The van der Waals surface area contributed by atoms with E-state index in [1.54, 1.807) is 6.07 Å². The molecule has 0 N–H and O–H groups in total. The highest BCUT2D eigenvalue weighted by molar-refractivity contribution is 5.64. The highest BCUT2D eigenvalue weighted by atomic mass is 16.1. The van der Waals surface area contributed by atoms with Crippen LogP contribution < -0.4 is 5.56 Å². The molecule has 4 heteroatoms. The van der Waals surface area contributed by atoms with Gasteiger partial charge in [0.05, 0.1) is 11.6 Å². The van der Waals surface area contributed by atoms with Gasteiger partial charge < -0.3 is 9.47 Å². The van der Waals surface area contributed by atoms with Gasteiger partial charge in [0.15, 0.2) is 0 Å². The van der Waals surface area contributed by atoms with E-state index in [9.17, 15) is 10.1 Å². The Bertz CT molecular complexity index is 1180. The summed E-state index contributed by atoms with van der Waals surface area (Å²) < 4.78 is 2.01. The van der Waals surface area contributed by atoms with E-state index in [4.69, 9.17) is 0 Å². The molecule has 3 heterocycles. The molecule has 3 aromatic rings. The van der Waals surface area contributed by atoms with E-state index in [1.807, 2.05) is 28.8 Å². The third kappa shape index (κ3) is 4.06. The van der Waals surface area contributed by atoms with Gasteiger partial charge in [-0.25, -0.2) is 0 Å². The van der Waals surface area contributed by atoms with Gasteiger partial charge in [0.2, 0.25) is 0 Å². The minimum absolute atomic E-state index is 0.0832. The fourth-order valence-corrected chi connectivity index (χ4v) is 5.35. The number of nitriles is 1. The van der Waals surface area contributed by atoms with E-state index in [2.05, 4.69) is 47.4 Å². The molecular formula is C27H27N3O. The van der Waals surface area contributed by atoms with E-state index in [0.717, 1.165) is 38.2 Å². The zero-order valence-corrected chi connectivity index (χ0v) is 17.7. The molecule has 2 unspecified atom stereocenters. The average molecular weight is 410 g/mol. The lowest BCUT2D eigenvalue weighted by Crippen LogP contribution is -2.47. The maximum absolute atomic E-state index is 13.3. The lowest BCUT2D eigenvalue weighted by atomic mass is 9.82. The first-order valence-electron chi connectivity index (χ1n) is 11.2. The second-order valence-electron chi connectivity index (χ2n) is 8.93. The van der Waals surface area contributed by atoms with Crippen LogP contribution >= 0.6 is 0 Å². The van der Waals surface area contributed by atoms with Gasteiger partial charge in [-0.2, -0.15) is 5.26 Å². The molecule has 0 aliphatic carbocycles. The third-order valence-electron chi connectivity index (χ3n) is 6.77. The molecule has 2 aliphatic heterocycles. The van der Waals surface area contributed by atoms with Gasteiger partial charge in [0.1, 0.15) is 0 Å². The van der Waals surface area contributed by atoms with Gasteiger partial charge in [-0.05, 0) is 67.1 Å². The first-order chi connectivity index (χ1) is 15.2. The van der Waals surface area contributed by atoms with Gasteiger partial charge >= 0.3 is 0 Å². The highest BCUT2D eigenvalue weighted by Crippen LogP contribution is 2.36. The summed E-state index contributed by atoms with van der Waals surface area (Å²) in [5.41, 5.74) is 4.78. The maximum Gasteiger partial charge on any atom is 0.258 e. The van der Waals surface area contributed by atoms with Crippen LogP contribution in [0.25, 0.3) is 11.1 Å². The zero-order chi connectivity index (χ0) is 21.2. The summed E-state index contributed by atoms with van der Waals surface area (Å²) in [6.45, 7) is 4.02. The summed E-state index contributed by atoms with van der Waals surface area (Å²) in [4.78, 5) is 15.9. The van der Waals surface area contributed by atoms with Crippen LogP contribution in [0, 0.1) is 17.2 Å². The molecule has 5 rings (SSSR count). The molecule has 2 bridgehead atoms. The number of nitrogens with zero attached hydrogens (tertiary/aromatic N) is 3. The van der Waals surface area contributed by atoms with Crippen LogP contribution in [0.15, 0.2) is 71.5 Å². The quantitative estimate of drug-likeness (QED) is 0.626. The second-order valence-corrected chi connectivity index (χ2v) is 8.93. The first kappa shape index (κ1) is 19.8. The molecule has 1 fully saturated rings. The minimum Gasteiger partial charge on any atom is -0.311 e. The van der Waals surface area contributed by atoms with Crippen molar-refractivity contribution in [2.75, 3.05) is 19.6 Å². The van der Waals surface area contributed by atoms with E-state index in [0.29, 0.717) is 23.0 Å². The number of likely N-dealkylation sites (tertiary alicyclic amines) is 1. The van der Waals surface area contributed by atoms with Crippen LogP contribution in [0.4, 0.5) is 0 Å². The molecule has 0 saturated carbocycles. The molecular weight excluding hydrogens is 382 g/mol. The topological polar surface area (TPSA) is 49.0 Å². The summed E-state index contributed by atoms with van der Waals surface area (Å²) in [5, 5.41) is 9.19. The molecule has 2 atom stereocenters. The van der Waals surface area contributed by atoms with Crippen LogP contribution in [0.2, 0.25) is 0 Å². The van der Waals surface area contributed by atoms with E-state index in [-0.39, 0.29) is 5.56 Å². The summed E-state index contributed by atoms with van der Waals surface area (Å²) in [6.07, 6.45) is 3.47. The number of benzene rings is 2. The molecule has 4 nitrogen and oxygen atoms in total. The fourth-order valence-electron chi connectivity index (χ4n) is 5.35. The molecule has 2 aliphatic rings. The summed E-state index contributed by atoms with van der Waals surface area (Å²) >= 11 is 0. The Morgan fingerprint density at radius 3 is 2.68 bits per heavy atom. The highest BCUT2D eigenvalue weighted by Gasteiger charge is 2.34. The Kier molecular flexibility index (Phi) is 5.44. The van der Waals surface area contributed by atoms with Crippen molar-refractivity contribution in [2.45, 2.75) is 31.7 Å². The number of hydrogen-bond donors (Lipinski definition) is 0. The predicted octanol–water partition coefficient (Wildman–Crippen LogP) is 4.44. The predicted molar refractivity (Wildman–Crippen MR) is 123 cm³/mol. The van der Waals surface area contributed by atoms with Crippen LogP contribution in [-0.2, 0) is 13.0 Å². The lowest BCUT2D eigenvalue weighted by Gasteiger charge is -2.43. The SMILES string of the molecule is N#Cc1cccc(-c2ccc3n(c2=O)CC2CC3CN(CCCc3ccccc3)C2)c1. The van der Waals surface area contributed by atoms with Gasteiger partial charge in [0, 0.05) is 36.8 Å². The summed E-state index contributed by atoms with van der Waals surface area (Å²) in [5.74, 6) is 0.956. The third-order valence-corrected chi connectivity index (χ3v) is 6.77. The number of pyridine rings is 1. The van der Waals surface area contributed by atoms with Crippen molar-refractivity contribution in [3.8, 4) is 17.2 Å². The smallest absolute Gasteiger partial charge is 0.258 e. The van der Waals surface area contributed by atoms with Crippen molar-refractivity contribution in [1.82, 2.24) is 9.47 Å². The first-order valence-corrected chi connectivity index (χ1v) is 11.2. The van der Waals surface area contributed by atoms with E-state index >= 15 is 0 Å². The van der Waals surface area contributed by atoms with E-state index in [1.165, 1.54) is 24.1 Å². The summed E-state index contributed by atoms with van der Waals surface area (Å²) in [7, 11) is 0. The van der Waals surface area contributed by atoms with Crippen molar-refractivity contribution in [1.29, 1.82) is 5.26 Å². The minimum atomic E-state index is 0.0832. The Morgan fingerprint density at radius 1 is 0.968 bits per heavy atom. The van der Waals surface area contributed by atoms with Crippen molar-refractivity contribution in [3.63, 3.8) is 0 Å². The van der Waals surface area contributed by atoms with Crippen LogP contribution in [0.3, 0.4) is 0 Å². The largest absolute Gasteiger partial charge is 0.311 e. The number of rotatable bonds is 5. The average Bonchev–Trinajstić information content (AvgIpc) is 2.80. The Morgan fingerprint density at radius 2 is 1.84 bits per heavy atom. The molecule has 156 valence electrons. The molecule has 0 amide bonds. The van der Waals surface area contributed by atoms with Crippen molar-refractivity contribution < 1.29 is 0 Å².